The first-order chi connectivity index (χ1) is 8.68. The molecule has 0 saturated carbocycles. The summed E-state index contributed by atoms with van der Waals surface area (Å²) in [7, 11) is 0. The molecule has 2 aromatic rings. The van der Waals surface area contributed by atoms with Gasteiger partial charge < -0.3 is 5.32 Å². The zero-order valence-corrected chi connectivity index (χ0v) is 10.3. The van der Waals surface area contributed by atoms with Crippen LogP contribution in [-0.4, -0.2) is 25.7 Å². The number of nitrogens with zero attached hydrogens (tertiary/aromatic N) is 4. The number of rotatable bonds is 4. The number of hydrogen-bond donors (Lipinski definition) is 1. The minimum Gasteiger partial charge on any atom is -0.348 e. The van der Waals surface area contributed by atoms with Crippen LogP contribution in [-0.2, 0) is 4.79 Å². The van der Waals surface area contributed by atoms with Crippen molar-refractivity contribution in [3.63, 3.8) is 0 Å². The largest absolute Gasteiger partial charge is 0.348 e. The van der Waals surface area contributed by atoms with E-state index in [4.69, 9.17) is 0 Å². The smallest absolute Gasteiger partial charge is 0.245 e. The van der Waals surface area contributed by atoms with Crippen molar-refractivity contribution in [1.82, 2.24) is 25.1 Å². The SMILES string of the molecule is CC(NC(=O)C(C)n1cncn1)c1ccncc1. The van der Waals surface area contributed by atoms with Gasteiger partial charge in [-0.1, -0.05) is 0 Å². The average Bonchev–Trinajstić information content (AvgIpc) is 2.92. The maximum atomic E-state index is 12.0. The Hall–Kier alpha value is -2.24. The molecule has 0 bridgehead atoms. The Morgan fingerprint density at radius 1 is 1.28 bits per heavy atom. The van der Waals surface area contributed by atoms with E-state index in [9.17, 15) is 4.79 Å². The van der Waals surface area contributed by atoms with Crippen LogP contribution in [0.15, 0.2) is 37.2 Å². The van der Waals surface area contributed by atoms with Gasteiger partial charge in [-0.15, -0.1) is 0 Å². The fourth-order valence-corrected chi connectivity index (χ4v) is 1.61. The first-order valence-corrected chi connectivity index (χ1v) is 5.73. The molecule has 0 aliphatic rings. The normalized spacial score (nSPS) is 13.9. The van der Waals surface area contributed by atoms with Crippen LogP contribution in [0.4, 0.5) is 0 Å². The summed E-state index contributed by atoms with van der Waals surface area (Å²) in [5.41, 5.74) is 1.02. The summed E-state index contributed by atoms with van der Waals surface area (Å²) in [5.74, 6) is -0.0928. The quantitative estimate of drug-likeness (QED) is 0.875. The minimum atomic E-state index is -0.378. The third-order valence-electron chi connectivity index (χ3n) is 2.78. The molecule has 6 nitrogen and oxygen atoms in total. The van der Waals surface area contributed by atoms with E-state index in [2.05, 4.69) is 20.4 Å². The van der Waals surface area contributed by atoms with E-state index >= 15 is 0 Å². The van der Waals surface area contributed by atoms with Crippen molar-refractivity contribution >= 4 is 5.91 Å². The van der Waals surface area contributed by atoms with Crippen molar-refractivity contribution in [2.45, 2.75) is 25.9 Å². The lowest BCUT2D eigenvalue weighted by Gasteiger charge is -2.17. The lowest BCUT2D eigenvalue weighted by atomic mass is 10.1. The van der Waals surface area contributed by atoms with Gasteiger partial charge in [0.1, 0.15) is 18.7 Å². The van der Waals surface area contributed by atoms with E-state index in [1.807, 2.05) is 19.1 Å². The molecule has 1 N–H and O–H groups in total. The van der Waals surface area contributed by atoms with Gasteiger partial charge >= 0.3 is 0 Å². The number of aromatic nitrogens is 4. The van der Waals surface area contributed by atoms with Crippen molar-refractivity contribution in [2.24, 2.45) is 0 Å². The van der Waals surface area contributed by atoms with Gasteiger partial charge in [0.25, 0.3) is 0 Å². The van der Waals surface area contributed by atoms with Gasteiger partial charge in [0.2, 0.25) is 5.91 Å². The molecule has 1 amide bonds. The third kappa shape index (κ3) is 2.71. The number of hydrogen-bond acceptors (Lipinski definition) is 4. The molecule has 0 spiro atoms. The van der Waals surface area contributed by atoms with Crippen LogP contribution in [0.1, 0.15) is 31.5 Å². The summed E-state index contributed by atoms with van der Waals surface area (Å²) in [6.07, 6.45) is 6.36. The van der Waals surface area contributed by atoms with Crippen LogP contribution in [0.5, 0.6) is 0 Å². The Bertz CT molecular complexity index is 496. The molecule has 0 aliphatic heterocycles. The van der Waals surface area contributed by atoms with Crippen molar-refractivity contribution in [3.05, 3.63) is 42.7 Å². The average molecular weight is 245 g/mol. The molecule has 2 heterocycles. The van der Waals surface area contributed by atoms with Gasteiger partial charge in [-0.05, 0) is 31.5 Å². The second-order valence-corrected chi connectivity index (χ2v) is 4.06. The van der Waals surface area contributed by atoms with Gasteiger partial charge in [-0.3, -0.25) is 9.78 Å². The lowest BCUT2D eigenvalue weighted by molar-refractivity contribution is -0.124. The van der Waals surface area contributed by atoms with Crippen LogP contribution in [0, 0.1) is 0 Å². The number of carbonyl (C=O) groups excluding carboxylic acids is 1. The molecule has 2 unspecified atom stereocenters. The first kappa shape index (κ1) is 12.2. The van der Waals surface area contributed by atoms with Gasteiger partial charge in [0.15, 0.2) is 0 Å². The Kier molecular flexibility index (Phi) is 3.66. The van der Waals surface area contributed by atoms with E-state index in [0.717, 1.165) is 5.56 Å². The fraction of sp³-hybridized carbons (Fsp3) is 0.333. The van der Waals surface area contributed by atoms with E-state index in [0.29, 0.717) is 0 Å². The highest BCUT2D eigenvalue weighted by atomic mass is 16.2. The third-order valence-corrected chi connectivity index (χ3v) is 2.78. The molecule has 0 fully saturated rings. The zero-order valence-electron chi connectivity index (χ0n) is 10.3. The van der Waals surface area contributed by atoms with Gasteiger partial charge in [-0.25, -0.2) is 9.67 Å². The monoisotopic (exact) mass is 245 g/mol. The van der Waals surface area contributed by atoms with Crippen molar-refractivity contribution < 1.29 is 4.79 Å². The van der Waals surface area contributed by atoms with Gasteiger partial charge in [0, 0.05) is 12.4 Å². The van der Waals surface area contributed by atoms with Crippen LogP contribution < -0.4 is 5.32 Å². The molecular formula is C12H15N5O. The lowest BCUT2D eigenvalue weighted by Crippen LogP contribution is -2.33. The highest BCUT2D eigenvalue weighted by Crippen LogP contribution is 2.12. The van der Waals surface area contributed by atoms with Crippen molar-refractivity contribution in [1.29, 1.82) is 0 Å². The molecule has 94 valence electrons. The predicted molar refractivity (Wildman–Crippen MR) is 65.5 cm³/mol. The molecule has 0 aliphatic carbocycles. The fourth-order valence-electron chi connectivity index (χ4n) is 1.61. The Balaban J connectivity index is 1.99. The second-order valence-electron chi connectivity index (χ2n) is 4.06. The highest BCUT2D eigenvalue weighted by Gasteiger charge is 2.17. The number of nitrogens with one attached hydrogen (secondary N) is 1. The molecule has 6 heteroatoms. The molecule has 2 rings (SSSR count). The summed E-state index contributed by atoms with van der Waals surface area (Å²) in [5, 5.41) is 6.88. The number of pyridine rings is 1. The second kappa shape index (κ2) is 5.39. The van der Waals surface area contributed by atoms with E-state index in [1.165, 1.54) is 17.3 Å². The maximum Gasteiger partial charge on any atom is 0.245 e. The molecule has 2 atom stereocenters. The topological polar surface area (TPSA) is 72.7 Å². The van der Waals surface area contributed by atoms with Crippen molar-refractivity contribution in [2.75, 3.05) is 0 Å². The van der Waals surface area contributed by atoms with E-state index < -0.39 is 0 Å². The zero-order chi connectivity index (χ0) is 13.0. The molecule has 0 aromatic carbocycles. The predicted octanol–water partition coefficient (Wildman–Crippen LogP) is 1.11. The van der Waals surface area contributed by atoms with Crippen LogP contribution in [0.25, 0.3) is 0 Å². The summed E-state index contributed by atoms with van der Waals surface area (Å²) < 4.78 is 1.52. The van der Waals surface area contributed by atoms with E-state index in [-0.39, 0.29) is 18.0 Å². The first-order valence-electron chi connectivity index (χ1n) is 5.73. The molecule has 0 radical (unpaired) electrons. The van der Waals surface area contributed by atoms with Crippen LogP contribution >= 0.6 is 0 Å². The highest BCUT2D eigenvalue weighted by molar-refractivity contribution is 5.80. The summed E-state index contributed by atoms with van der Waals surface area (Å²) in [6, 6.07) is 3.32. The summed E-state index contributed by atoms with van der Waals surface area (Å²) >= 11 is 0. The van der Waals surface area contributed by atoms with Crippen molar-refractivity contribution in [3.8, 4) is 0 Å². The standard InChI is InChI=1S/C12H15N5O/c1-9(11-3-5-13-6-4-11)16-12(18)10(2)17-8-14-7-15-17/h3-10H,1-2H3,(H,16,18). The van der Waals surface area contributed by atoms with Crippen LogP contribution in [0.3, 0.4) is 0 Å². The van der Waals surface area contributed by atoms with Gasteiger partial charge in [-0.2, -0.15) is 5.10 Å². The maximum absolute atomic E-state index is 12.0. The minimum absolute atomic E-state index is 0.0635. The Labute approximate surface area is 105 Å². The molecule has 2 aromatic heterocycles. The summed E-state index contributed by atoms with van der Waals surface area (Å²) in [6.45, 7) is 3.71. The Morgan fingerprint density at radius 2 is 2.00 bits per heavy atom. The molecule has 0 saturated heterocycles. The summed E-state index contributed by atoms with van der Waals surface area (Å²) in [4.78, 5) is 19.8. The number of amides is 1. The number of carbonyl (C=O) groups is 1. The van der Waals surface area contributed by atoms with Crippen LogP contribution in [0.2, 0.25) is 0 Å². The molecule has 18 heavy (non-hydrogen) atoms. The Morgan fingerprint density at radius 3 is 2.61 bits per heavy atom. The molecular weight excluding hydrogens is 230 g/mol. The van der Waals surface area contributed by atoms with E-state index in [1.54, 1.807) is 19.3 Å². The van der Waals surface area contributed by atoms with Gasteiger partial charge in [0.05, 0.1) is 6.04 Å².